The molecule has 1 aliphatic rings. The van der Waals surface area contributed by atoms with Crippen molar-refractivity contribution in [2.75, 3.05) is 13.7 Å². The van der Waals surface area contributed by atoms with Crippen molar-refractivity contribution < 1.29 is 19.4 Å². The maximum absolute atomic E-state index is 12.2. The van der Waals surface area contributed by atoms with Crippen LogP contribution in [0.25, 0.3) is 0 Å². The van der Waals surface area contributed by atoms with E-state index in [9.17, 15) is 9.90 Å². The smallest absolute Gasteiger partial charge is 0.314 e. The lowest BCUT2D eigenvalue weighted by atomic mass is 9.73. The van der Waals surface area contributed by atoms with Crippen molar-refractivity contribution in [3.8, 4) is 0 Å². The van der Waals surface area contributed by atoms with Crippen LogP contribution < -0.4 is 0 Å². The molecule has 17 heavy (non-hydrogen) atoms. The van der Waals surface area contributed by atoms with E-state index in [1.54, 1.807) is 7.11 Å². The topological polar surface area (TPSA) is 55.8 Å². The van der Waals surface area contributed by atoms with Crippen LogP contribution in [-0.2, 0) is 14.3 Å². The number of hydrogen-bond acceptors (Lipinski definition) is 4. The van der Waals surface area contributed by atoms with Crippen LogP contribution in [0.5, 0.6) is 0 Å². The zero-order valence-electron chi connectivity index (χ0n) is 11.3. The Morgan fingerprint density at radius 3 is 2.29 bits per heavy atom. The van der Waals surface area contributed by atoms with E-state index < -0.39 is 11.0 Å². The molecule has 1 aliphatic carbocycles. The minimum Gasteiger partial charge on any atom is -0.459 e. The van der Waals surface area contributed by atoms with Gasteiger partial charge in [0.2, 0.25) is 0 Å². The van der Waals surface area contributed by atoms with Crippen LogP contribution in [0.3, 0.4) is 0 Å². The number of ether oxygens (including phenoxy) is 2. The molecule has 0 bridgehead atoms. The average molecular weight is 244 g/mol. The van der Waals surface area contributed by atoms with E-state index in [-0.39, 0.29) is 12.1 Å². The molecule has 0 atom stereocenters. The fourth-order valence-corrected chi connectivity index (χ4v) is 2.23. The van der Waals surface area contributed by atoms with Gasteiger partial charge < -0.3 is 14.6 Å². The summed E-state index contributed by atoms with van der Waals surface area (Å²) in [5.74, 6) is -0.196. The third kappa shape index (κ3) is 3.96. The monoisotopic (exact) mass is 244 g/mol. The lowest BCUT2D eigenvalue weighted by Gasteiger charge is -2.38. The third-order valence-electron chi connectivity index (χ3n) is 3.16. The van der Waals surface area contributed by atoms with Gasteiger partial charge in [-0.2, -0.15) is 0 Å². The lowest BCUT2D eigenvalue weighted by molar-refractivity contribution is -0.175. The first kappa shape index (κ1) is 14.5. The molecule has 4 heteroatoms. The van der Waals surface area contributed by atoms with Crippen molar-refractivity contribution in [1.82, 2.24) is 0 Å². The van der Waals surface area contributed by atoms with Crippen LogP contribution in [0.4, 0.5) is 0 Å². The van der Waals surface area contributed by atoms with Gasteiger partial charge in [-0.3, -0.25) is 4.79 Å². The Hall–Kier alpha value is -0.610. The first-order chi connectivity index (χ1) is 7.79. The number of carbonyl (C=O) groups excluding carboxylic acids is 1. The Kier molecular flexibility index (Phi) is 4.55. The summed E-state index contributed by atoms with van der Waals surface area (Å²) in [5.41, 5.74) is -1.05. The van der Waals surface area contributed by atoms with Crippen LogP contribution in [0.15, 0.2) is 0 Å². The van der Waals surface area contributed by atoms with Gasteiger partial charge in [0.25, 0.3) is 0 Å². The van der Waals surface area contributed by atoms with Crippen LogP contribution >= 0.6 is 0 Å². The maximum Gasteiger partial charge on any atom is 0.314 e. The number of methoxy groups -OCH3 is 1. The molecule has 0 unspecified atom stereocenters. The Morgan fingerprint density at radius 2 is 1.88 bits per heavy atom. The molecular weight excluding hydrogens is 220 g/mol. The molecule has 0 heterocycles. The summed E-state index contributed by atoms with van der Waals surface area (Å²) in [7, 11) is 1.59. The van der Waals surface area contributed by atoms with Crippen LogP contribution in [0.1, 0.15) is 46.5 Å². The van der Waals surface area contributed by atoms with Gasteiger partial charge in [-0.15, -0.1) is 0 Å². The van der Waals surface area contributed by atoms with Gasteiger partial charge in [0.15, 0.2) is 0 Å². The largest absolute Gasteiger partial charge is 0.459 e. The molecule has 1 fully saturated rings. The van der Waals surface area contributed by atoms with E-state index in [0.717, 1.165) is 0 Å². The van der Waals surface area contributed by atoms with Crippen molar-refractivity contribution in [3.05, 3.63) is 0 Å². The molecule has 1 saturated carbocycles. The van der Waals surface area contributed by atoms with Crippen LogP contribution in [-0.4, -0.2) is 36.5 Å². The zero-order valence-corrected chi connectivity index (χ0v) is 11.3. The molecule has 0 aromatic carbocycles. The number of hydrogen-bond donors (Lipinski definition) is 1. The summed E-state index contributed by atoms with van der Waals surface area (Å²) in [5, 5.41) is 9.53. The van der Waals surface area contributed by atoms with Crippen LogP contribution in [0.2, 0.25) is 0 Å². The average Bonchev–Trinajstić information content (AvgIpc) is 2.19. The van der Waals surface area contributed by atoms with Crippen molar-refractivity contribution in [1.29, 1.82) is 0 Å². The third-order valence-corrected chi connectivity index (χ3v) is 3.16. The number of esters is 1. The van der Waals surface area contributed by atoms with Crippen molar-refractivity contribution in [2.24, 2.45) is 5.41 Å². The van der Waals surface area contributed by atoms with Gasteiger partial charge in [0.1, 0.15) is 5.60 Å². The van der Waals surface area contributed by atoms with E-state index >= 15 is 0 Å². The van der Waals surface area contributed by atoms with Gasteiger partial charge in [-0.05, 0) is 46.5 Å². The van der Waals surface area contributed by atoms with E-state index in [1.165, 1.54) is 0 Å². The summed E-state index contributed by atoms with van der Waals surface area (Å²) in [6, 6.07) is 0. The Labute approximate surface area is 103 Å². The summed E-state index contributed by atoms with van der Waals surface area (Å²) in [6.45, 7) is 5.96. The number of carbonyl (C=O) groups is 1. The van der Waals surface area contributed by atoms with Gasteiger partial charge in [-0.25, -0.2) is 0 Å². The molecule has 4 nitrogen and oxygen atoms in total. The molecule has 1 rings (SSSR count). The molecule has 0 spiro atoms. The quantitative estimate of drug-likeness (QED) is 0.770. The van der Waals surface area contributed by atoms with E-state index in [4.69, 9.17) is 9.47 Å². The number of rotatable bonds is 3. The van der Waals surface area contributed by atoms with Gasteiger partial charge in [0.05, 0.1) is 18.1 Å². The Balaban J connectivity index is 2.74. The normalized spacial score (nSPS) is 30.1. The Morgan fingerprint density at radius 1 is 1.35 bits per heavy atom. The molecule has 0 aromatic rings. The second-order valence-corrected chi connectivity index (χ2v) is 5.95. The summed E-state index contributed by atoms with van der Waals surface area (Å²) >= 11 is 0. The SMILES string of the molecule is COC[C@]1(C(=O)OC(C)(C)C)CC[C@@H](O)CC1. The Bertz CT molecular complexity index is 259. The van der Waals surface area contributed by atoms with E-state index in [2.05, 4.69) is 0 Å². The summed E-state index contributed by atoms with van der Waals surface area (Å²) in [4.78, 5) is 12.2. The standard InChI is InChI=1S/C13H24O4/c1-12(2,3)17-11(15)13(9-16-4)7-5-10(14)6-8-13/h10,14H,5-9H2,1-4H3/t10-,13+. The van der Waals surface area contributed by atoms with Crippen LogP contribution in [0, 0.1) is 5.41 Å². The predicted molar refractivity (Wildman–Crippen MR) is 64.6 cm³/mol. The fourth-order valence-electron chi connectivity index (χ4n) is 2.23. The summed E-state index contributed by atoms with van der Waals surface area (Å²) < 4.78 is 10.6. The minimum atomic E-state index is -0.568. The molecule has 0 amide bonds. The van der Waals surface area contributed by atoms with Crippen molar-refractivity contribution >= 4 is 5.97 Å². The van der Waals surface area contributed by atoms with Crippen molar-refractivity contribution in [2.45, 2.75) is 58.2 Å². The molecule has 100 valence electrons. The molecular formula is C13H24O4. The highest BCUT2D eigenvalue weighted by Crippen LogP contribution is 2.38. The van der Waals surface area contributed by atoms with Gasteiger partial charge in [-0.1, -0.05) is 0 Å². The van der Waals surface area contributed by atoms with Crippen molar-refractivity contribution in [3.63, 3.8) is 0 Å². The van der Waals surface area contributed by atoms with E-state index in [1.807, 2.05) is 20.8 Å². The highest BCUT2D eigenvalue weighted by atomic mass is 16.6. The first-order valence-electron chi connectivity index (χ1n) is 6.19. The molecule has 0 aromatic heterocycles. The second kappa shape index (κ2) is 5.36. The van der Waals surface area contributed by atoms with Gasteiger partial charge in [0, 0.05) is 7.11 Å². The molecule has 0 radical (unpaired) electrons. The number of aliphatic hydroxyl groups is 1. The first-order valence-corrected chi connectivity index (χ1v) is 6.19. The van der Waals surface area contributed by atoms with Gasteiger partial charge >= 0.3 is 5.97 Å². The molecule has 0 aliphatic heterocycles. The number of aliphatic hydroxyl groups excluding tert-OH is 1. The zero-order chi connectivity index (χ0) is 13.1. The molecule has 0 saturated heterocycles. The second-order valence-electron chi connectivity index (χ2n) is 5.95. The lowest BCUT2D eigenvalue weighted by Crippen LogP contribution is -2.44. The maximum atomic E-state index is 12.2. The predicted octanol–water partition coefficient (Wildman–Crippen LogP) is 1.90. The highest BCUT2D eigenvalue weighted by Gasteiger charge is 2.44. The minimum absolute atomic E-state index is 0.196. The fraction of sp³-hybridized carbons (Fsp3) is 0.923. The summed E-state index contributed by atoms with van der Waals surface area (Å²) in [6.07, 6.45) is 2.27. The van der Waals surface area contributed by atoms with E-state index in [0.29, 0.717) is 32.3 Å². The molecule has 1 N–H and O–H groups in total. The highest BCUT2D eigenvalue weighted by molar-refractivity contribution is 5.77.